The number of aromatic nitrogens is 2. The summed E-state index contributed by atoms with van der Waals surface area (Å²) < 4.78 is 9.10. The second-order valence-electron chi connectivity index (χ2n) is 8.67. The smallest absolute Gasteiger partial charge is 0.273 e. The van der Waals surface area contributed by atoms with Crippen LogP contribution in [0.5, 0.6) is 0 Å². The minimum Gasteiger partial charge on any atom is -0.395 e. The number of hydrogen-bond donors (Lipinski definition) is 3. The van der Waals surface area contributed by atoms with E-state index in [0.29, 0.717) is 17.9 Å². The Kier molecular flexibility index (Phi) is 7.99. The number of nitrogen functional groups attached to an aromatic ring is 1. The van der Waals surface area contributed by atoms with Crippen LogP contribution in [0.4, 0.5) is 11.4 Å². The number of fused-ring (bicyclic) bond motifs is 1. The molecule has 2 heterocycles. The first-order valence-corrected chi connectivity index (χ1v) is 12.6. The SMILES string of the molecule is COCCNC(=O)[C@H](c1ccc2ncccc2c1)N(C(=O)c1snc(C(N)=O)c1N)c1cccc(C)c1C. The monoisotopic (exact) mass is 532 g/mol. The van der Waals surface area contributed by atoms with Crippen molar-refractivity contribution in [3.63, 3.8) is 0 Å². The number of amides is 3. The Bertz CT molecular complexity index is 1520. The van der Waals surface area contributed by atoms with Gasteiger partial charge in [0.15, 0.2) is 5.69 Å². The molecule has 4 rings (SSSR count). The average molecular weight is 533 g/mol. The number of benzene rings is 2. The van der Waals surface area contributed by atoms with Gasteiger partial charge in [0, 0.05) is 30.9 Å². The van der Waals surface area contributed by atoms with E-state index in [1.807, 2.05) is 38.1 Å². The standard InChI is InChI=1S/C27H28N6O4S/c1-15-6-4-8-20(16(15)2)33(27(36)24-21(28)22(25(29)34)32-38-24)23(26(35)31-12-13-37-3)18-9-10-19-17(14-18)7-5-11-30-19/h4-11,14,23H,12-13,28H2,1-3H3,(H2,29,34)(H,31,35)/t23-/m0/s1. The first-order valence-electron chi connectivity index (χ1n) is 11.8. The van der Waals surface area contributed by atoms with Gasteiger partial charge in [-0.15, -0.1) is 0 Å². The van der Waals surface area contributed by atoms with Gasteiger partial charge in [0.2, 0.25) is 5.91 Å². The van der Waals surface area contributed by atoms with Gasteiger partial charge >= 0.3 is 0 Å². The van der Waals surface area contributed by atoms with Crippen molar-refractivity contribution in [3.05, 3.63) is 82.0 Å². The average Bonchev–Trinajstić information content (AvgIpc) is 3.30. The lowest BCUT2D eigenvalue weighted by atomic mass is 9.98. The molecule has 0 fully saturated rings. The van der Waals surface area contributed by atoms with E-state index < -0.39 is 23.8 Å². The van der Waals surface area contributed by atoms with Crippen molar-refractivity contribution < 1.29 is 19.1 Å². The third-order valence-electron chi connectivity index (χ3n) is 6.26. The summed E-state index contributed by atoms with van der Waals surface area (Å²) in [5.41, 5.74) is 14.8. The number of pyridine rings is 1. The number of ether oxygens (including phenoxy) is 1. The summed E-state index contributed by atoms with van der Waals surface area (Å²) in [6.45, 7) is 4.33. The zero-order valence-corrected chi connectivity index (χ0v) is 22.0. The van der Waals surface area contributed by atoms with Gasteiger partial charge in [0.1, 0.15) is 10.9 Å². The van der Waals surface area contributed by atoms with Gasteiger partial charge in [0.05, 0.1) is 17.8 Å². The fourth-order valence-corrected chi connectivity index (χ4v) is 4.90. The Balaban J connectivity index is 1.94. The molecule has 10 nitrogen and oxygen atoms in total. The quantitative estimate of drug-likeness (QED) is 0.280. The number of primary amides is 1. The lowest BCUT2D eigenvalue weighted by Gasteiger charge is -2.33. The summed E-state index contributed by atoms with van der Waals surface area (Å²) in [7, 11) is 1.54. The van der Waals surface area contributed by atoms with Gasteiger partial charge in [0.25, 0.3) is 11.8 Å². The molecule has 0 radical (unpaired) electrons. The molecule has 1 atom stereocenters. The van der Waals surface area contributed by atoms with Crippen molar-refractivity contribution in [3.8, 4) is 0 Å². The van der Waals surface area contributed by atoms with Crippen LogP contribution in [-0.4, -0.2) is 47.3 Å². The van der Waals surface area contributed by atoms with E-state index in [-0.39, 0.29) is 22.8 Å². The molecule has 0 unspecified atom stereocenters. The van der Waals surface area contributed by atoms with Gasteiger partial charge in [-0.3, -0.25) is 24.3 Å². The highest BCUT2D eigenvalue weighted by molar-refractivity contribution is 7.09. The number of carbonyl (C=O) groups excluding carboxylic acids is 3. The Morgan fingerprint density at radius 3 is 2.63 bits per heavy atom. The number of carbonyl (C=O) groups is 3. The molecule has 0 aliphatic rings. The van der Waals surface area contributed by atoms with Crippen LogP contribution in [0, 0.1) is 13.8 Å². The second-order valence-corrected chi connectivity index (χ2v) is 9.45. The highest BCUT2D eigenvalue weighted by Gasteiger charge is 2.36. The second kappa shape index (κ2) is 11.4. The number of nitrogens with zero attached hydrogens (tertiary/aromatic N) is 3. The van der Waals surface area contributed by atoms with E-state index in [4.69, 9.17) is 16.2 Å². The normalized spacial score (nSPS) is 11.8. The molecule has 38 heavy (non-hydrogen) atoms. The van der Waals surface area contributed by atoms with Gasteiger partial charge in [-0.2, -0.15) is 4.37 Å². The highest BCUT2D eigenvalue weighted by atomic mass is 32.1. The van der Waals surface area contributed by atoms with Crippen molar-refractivity contribution in [1.29, 1.82) is 0 Å². The molecular formula is C27H28N6O4S. The van der Waals surface area contributed by atoms with Crippen LogP contribution in [0.15, 0.2) is 54.7 Å². The number of nitrogens with two attached hydrogens (primary N) is 2. The summed E-state index contributed by atoms with van der Waals surface area (Å²) in [6.07, 6.45) is 1.69. The zero-order valence-electron chi connectivity index (χ0n) is 21.2. The number of anilines is 2. The summed E-state index contributed by atoms with van der Waals surface area (Å²) in [6, 6.07) is 13.5. The third-order valence-corrected chi connectivity index (χ3v) is 7.12. The topological polar surface area (TPSA) is 154 Å². The molecule has 0 saturated carbocycles. The zero-order chi connectivity index (χ0) is 27.4. The maximum absolute atomic E-state index is 14.2. The van der Waals surface area contributed by atoms with Crippen LogP contribution in [-0.2, 0) is 9.53 Å². The van der Waals surface area contributed by atoms with Crippen LogP contribution >= 0.6 is 11.5 Å². The van der Waals surface area contributed by atoms with E-state index in [1.165, 1.54) is 12.0 Å². The minimum absolute atomic E-state index is 0.0110. The van der Waals surface area contributed by atoms with Crippen LogP contribution in [0.2, 0.25) is 0 Å². The van der Waals surface area contributed by atoms with Crippen LogP contribution < -0.4 is 21.7 Å². The molecular weight excluding hydrogens is 504 g/mol. The first-order chi connectivity index (χ1) is 18.2. The summed E-state index contributed by atoms with van der Waals surface area (Å²) in [5.74, 6) is -1.84. The van der Waals surface area contributed by atoms with Gasteiger partial charge < -0.3 is 21.5 Å². The molecule has 0 spiro atoms. The maximum Gasteiger partial charge on any atom is 0.273 e. The summed E-state index contributed by atoms with van der Waals surface area (Å²) >= 11 is 0.765. The molecule has 2 aromatic heterocycles. The Hall–Kier alpha value is -4.35. The molecule has 5 N–H and O–H groups in total. The van der Waals surface area contributed by atoms with E-state index in [2.05, 4.69) is 14.7 Å². The Morgan fingerprint density at radius 2 is 1.92 bits per heavy atom. The van der Waals surface area contributed by atoms with Crippen LogP contribution in [0.1, 0.15) is 42.9 Å². The number of methoxy groups -OCH3 is 1. The van der Waals surface area contributed by atoms with Crippen molar-refractivity contribution in [1.82, 2.24) is 14.7 Å². The lowest BCUT2D eigenvalue weighted by Crippen LogP contribution is -2.45. The fraction of sp³-hybridized carbons (Fsp3) is 0.222. The van der Waals surface area contributed by atoms with Gasteiger partial charge in [-0.05, 0) is 66.3 Å². The predicted octanol–water partition coefficient (Wildman–Crippen LogP) is 3.14. The lowest BCUT2D eigenvalue weighted by molar-refractivity contribution is -0.122. The number of aryl methyl sites for hydroxylation is 1. The van der Waals surface area contributed by atoms with E-state index in [0.717, 1.165) is 33.6 Å². The van der Waals surface area contributed by atoms with Crippen molar-refractivity contribution >= 4 is 51.5 Å². The molecule has 0 aliphatic heterocycles. The van der Waals surface area contributed by atoms with Crippen LogP contribution in [0.3, 0.4) is 0 Å². The largest absolute Gasteiger partial charge is 0.395 e. The molecule has 3 amide bonds. The summed E-state index contributed by atoms with van der Waals surface area (Å²) in [4.78, 5) is 45.6. The van der Waals surface area contributed by atoms with E-state index >= 15 is 0 Å². The minimum atomic E-state index is -1.09. The first kappa shape index (κ1) is 26.7. The van der Waals surface area contributed by atoms with Gasteiger partial charge in [-0.1, -0.05) is 24.3 Å². The number of rotatable bonds is 9. The highest BCUT2D eigenvalue weighted by Crippen LogP contribution is 2.36. The van der Waals surface area contributed by atoms with Crippen molar-refractivity contribution in [2.75, 3.05) is 30.9 Å². The van der Waals surface area contributed by atoms with E-state index in [9.17, 15) is 14.4 Å². The molecule has 11 heteroatoms. The molecule has 0 bridgehead atoms. The maximum atomic E-state index is 14.2. The Morgan fingerprint density at radius 1 is 1.13 bits per heavy atom. The number of nitrogens with one attached hydrogen (secondary N) is 1. The van der Waals surface area contributed by atoms with Crippen molar-refractivity contribution in [2.45, 2.75) is 19.9 Å². The molecule has 2 aromatic carbocycles. The van der Waals surface area contributed by atoms with Gasteiger partial charge in [-0.25, -0.2) is 0 Å². The molecule has 196 valence electrons. The molecule has 4 aromatic rings. The summed E-state index contributed by atoms with van der Waals surface area (Å²) in [5, 5.41) is 3.67. The number of hydrogen-bond acceptors (Lipinski definition) is 8. The molecule has 0 aliphatic carbocycles. The van der Waals surface area contributed by atoms with Crippen LogP contribution in [0.25, 0.3) is 10.9 Å². The third kappa shape index (κ3) is 5.20. The van der Waals surface area contributed by atoms with Crippen molar-refractivity contribution in [2.24, 2.45) is 5.73 Å². The van der Waals surface area contributed by atoms with E-state index in [1.54, 1.807) is 30.5 Å². The predicted molar refractivity (Wildman–Crippen MR) is 147 cm³/mol. The molecule has 0 saturated heterocycles. The fourth-order valence-electron chi connectivity index (χ4n) is 4.16. The Labute approximate surface area is 223 Å².